The monoisotopic (exact) mass is 250 g/mol. The lowest BCUT2D eigenvalue weighted by Gasteiger charge is -2.25. The van der Waals surface area contributed by atoms with Crippen molar-refractivity contribution >= 4 is 5.97 Å². The second-order valence-electron chi connectivity index (χ2n) is 6.27. The Hall–Kier alpha value is -1.32. The van der Waals surface area contributed by atoms with Crippen molar-refractivity contribution in [3.63, 3.8) is 0 Å². The zero-order valence-electron chi connectivity index (χ0n) is 11.7. The van der Waals surface area contributed by atoms with Crippen LogP contribution >= 0.6 is 0 Å². The number of aromatic nitrogens is 2. The van der Waals surface area contributed by atoms with Gasteiger partial charge in [0.1, 0.15) is 5.82 Å². The van der Waals surface area contributed by atoms with Gasteiger partial charge in [0.2, 0.25) is 0 Å². The van der Waals surface area contributed by atoms with Crippen LogP contribution < -0.4 is 0 Å². The topological polar surface area (TPSA) is 44.1 Å². The molecule has 2 rings (SSSR count). The molecule has 1 aromatic heterocycles. The molecule has 100 valence electrons. The van der Waals surface area contributed by atoms with E-state index in [1.807, 2.05) is 6.20 Å². The van der Waals surface area contributed by atoms with Gasteiger partial charge in [-0.1, -0.05) is 20.8 Å². The standard InChI is InChI=1S/C14H22N2O2/c1-14(2,3)8-12-15-9-11-7-10(13(17)18-4)5-6-16(11)12/h9-10H,5-8H2,1-4H3. The first-order valence-electron chi connectivity index (χ1n) is 6.52. The SMILES string of the molecule is COC(=O)C1CCn2c(cnc2CC(C)(C)C)C1. The fraction of sp³-hybridized carbons (Fsp3) is 0.714. The van der Waals surface area contributed by atoms with E-state index in [1.54, 1.807) is 0 Å². The molecule has 1 unspecified atom stereocenters. The molecule has 0 spiro atoms. The molecule has 1 aliphatic heterocycles. The Morgan fingerprint density at radius 3 is 2.89 bits per heavy atom. The highest BCUT2D eigenvalue weighted by molar-refractivity contribution is 5.72. The van der Waals surface area contributed by atoms with E-state index in [1.165, 1.54) is 7.11 Å². The van der Waals surface area contributed by atoms with Crippen molar-refractivity contribution in [3.05, 3.63) is 17.7 Å². The maximum Gasteiger partial charge on any atom is 0.309 e. The second kappa shape index (κ2) is 4.75. The molecule has 4 heteroatoms. The number of esters is 1. The molecule has 1 aromatic rings. The van der Waals surface area contributed by atoms with E-state index in [2.05, 4.69) is 30.3 Å². The van der Waals surface area contributed by atoms with E-state index >= 15 is 0 Å². The summed E-state index contributed by atoms with van der Waals surface area (Å²) in [6.45, 7) is 7.53. The van der Waals surface area contributed by atoms with Gasteiger partial charge in [0.05, 0.1) is 13.0 Å². The predicted octanol–water partition coefficient (Wildman–Crippen LogP) is 2.21. The number of hydrogen-bond donors (Lipinski definition) is 0. The van der Waals surface area contributed by atoms with Gasteiger partial charge in [-0.2, -0.15) is 0 Å². The molecular weight excluding hydrogens is 228 g/mol. The highest BCUT2D eigenvalue weighted by Gasteiger charge is 2.28. The summed E-state index contributed by atoms with van der Waals surface area (Å²) in [5, 5.41) is 0. The molecule has 18 heavy (non-hydrogen) atoms. The normalized spacial score (nSPS) is 19.4. The number of rotatable bonds is 2. The zero-order valence-corrected chi connectivity index (χ0v) is 11.7. The van der Waals surface area contributed by atoms with Gasteiger partial charge in [-0.3, -0.25) is 4.79 Å². The minimum Gasteiger partial charge on any atom is -0.469 e. The molecule has 0 saturated carbocycles. The van der Waals surface area contributed by atoms with Crippen LogP contribution in [0.1, 0.15) is 38.7 Å². The van der Waals surface area contributed by atoms with Crippen molar-refractivity contribution in [1.82, 2.24) is 9.55 Å². The first kappa shape index (κ1) is 13.1. The molecule has 0 N–H and O–H groups in total. The number of nitrogens with zero attached hydrogens (tertiary/aromatic N) is 2. The highest BCUT2D eigenvalue weighted by atomic mass is 16.5. The average Bonchev–Trinajstić information content (AvgIpc) is 2.68. The minimum absolute atomic E-state index is 0.00156. The quantitative estimate of drug-likeness (QED) is 0.756. The number of methoxy groups -OCH3 is 1. The van der Waals surface area contributed by atoms with Crippen molar-refractivity contribution in [2.75, 3.05) is 7.11 Å². The summed E-state index contributed by atoms with van der Waals surface area (Å²) in [6, 6.07) is 0. The Labute approximate surface area is 108 Å². The maximum atomic E-state index is 11.6. The van der Waals surface area contributed by atoms with Gasteiger partial charge in [-0.05, 0) is 11.8 Å². The minimum atomic E-state index is -0.0974. The van der Waals surface area contributed by atoms with E-state index in [9.17, 15) is 4.79 Å². The maximum absolute atomic E-state index is 11.6. The molecule has 0 fully saturated rings. The van der Waals surface area contributed by atoms with Gasteiger partial charge in [-0.25, -0.2) is 4.98 Å². The van der Waals surface area contributed by atoms with Crippen molar-refractivity contribution in [3.8, 4) is 0 Å². The lowest BCUT2D eigenvalue weighted by atomic mass is 9.91. The molecule has 1 aliphatic rings. The molecule has 0 aromatic carbocycles. The highest BCUT2D eigenvalue weighted by Crippen LogP contribution is 2.26. The average molecular weight is 250 g/mol. The Morgan fingerprint density at radius 1 is 1.56 bits per heavy atom. The third-order valence-electron chi connectivity index (χ3n) is 3.40. The van der Waals surface area contributed by atoms with Crippen LogP contribution in [0.2, 0.25) is 0 Å². The van der Waals surface area contributed by atoms with Crippen LogP contribution in [-0.2, 0) is 28.9 Å². The fourth-order valence-corrected chi connectivity index (χ4v) is 2.51. The first-order chi connectivity index (χ1) is 8.40. The van der Waals surface area contributed by atoms with Crippen LogP contribution in [0.3, 0.4) is 0 Å². The number of imidazole rings is 1. The molecule has 4 nitrogen and oxygen atoms in total. The van der Waals surface area contributed by atoms with Crippen molar-refractivity contribution < 1.29 is 9.53 Å². The third kappa shape index (κ3) is 2.74. The Balaban J connectivity index is 2.14. The summed E-state index contributed by atoms with van der Waals surface area (Å²) in [5.41, 5.74) is 1.40. The molecule has 1 atom stereocenters. The Morgan fingerprint density at radius 2 is 2.28 bits per heavy atom. The van der Waals surface area contributed by atoms with Crippen molar-refractivity contribution in [2.24, 2.45) is 11.3 Å². The van der Waals surface area contributed by atoms with Gasteiger partial charge in [-0.15, -0.1) is 0 Å². The number of carbonyl (C=O) groups excluding carboxylic acids is 1. The molecule has 0 radical (unpaired) electrons. The number of fused-ring (bicyclic) bond motifs is 1. The van der Waals surface area contributed by atoms with Crippen molar-refractivity contribution in [1.29, 1.82) is 0 Å². The summed E-state index contributed by atoms with van der Waals surface area (Å²) < 4.78 is 7.09. The summed E-state index contributed by atoms with van der Waals surface area (Å²) in [6.07, 6.45) is 4.49. The van der Waals surface area contributed by atoms with Crippen LogP contribution in [0.25, 0.3) is 0 Å². The van der Waals surface area contributed by atoms with Gasteiger partial charge in [0.15, 0.2) is 0 Å². The largest absolute Gasteiger partial charge is 0.469 e. The van der Waals surface area contributed by atoms with E-state index in [0.29, 0.717) is 0 Å². The molecule has 0 bridgehead atoms. The first-order valence-corrected chi connectivity index (χ1v) is 6.52. The fourth-order valence-electron chi connectivity index (χ4n) is 2.51. The lowest BCUT2D eigenvalue weighted by molar-refractivity contribution is -0.146. The molecule has 0 saturated heterocycles. The van der Waals surface area contributed by atoms with Gasteiger partial charge < -0.3 is 9.30 Å². The van der Waals surface area contributed by atoms with Crippen LogP contribution in [-0.4, -0.2) is 22.6 Å². The molecule has 0 amide bonds. The predicted molar refractivity (Wildman–Crippen MR) is 69.2 cm³/mol. The molecular formula is C14H22N2O2. The van der Waals surface area contributed by atoms with Gasteiger partial charge >= 0.3 is 5.97 Å². The van der Waals surface area contributed by atoms with Crippen LogP contribution in [0.15, 0.2) is 6.20 Å². The zero-order chi connectivity index (χ0) is 13.3. The van der Waals surface area contributed by atoms with Crippen LogP contribution in [0.5, 0.6) is 0 Å². The van der Waals surface area contributed by atoms with Gasteiger partial charge in [0.25, 0.3) is 0 Å². The summed E-state index contributed by atoms with van der Waals surface area (Å²) in [4.78, 5) is 16.1. The van der Waals surface area contributed by atoms with Gasteiger partial charge in [0, 0.05) is 31.3 Å². The summed E-state index contributed by atoms with van der Waals surface area (Å²) in [7, 11) is 1.46. The van der Waals surface area contributed by atoms with E-state index in [4.69, 9.17) is 4.74 Å². The van der Waals surface area contributed by atoms with Crippen LogP contribution in [0, 0.1) is 11.3 Å². The summed E-state index contributed by atoms with van der Waals surface area (Å²) >= 11 is 0. The Kier molecular flexibility index (Phi) is 3.46. The number of hydrogen-bond acceptors (Lipinski definition) is 3. The van der Waals surface area contributed by atoms with Crippen molar-refractivity contribution in [2.45, 2.75) is 46.6 Å². The Bertz CT molecular complexity index is 443. The molecule has 2 heterocycles. The lowest BCUT2D eigenvalue weighted by Crippen LogP contribution is -2.27. The summed E-state index contributed by atoms with van der Waals surface area (Å²) in [5.74, 6) is 1.04. The number of ether oxygens (including phenoxy) is 1. The molecule has 0 aliphatic carbocycles. The third-order valence-corrected chi connectivity index (χ3v) is 3.40. The number of carbonyl (C=O) groups is 1. The van der Waals surface area contributed by atoms with E-state index < -0.39 is 0 Å². The van der Waals surface area contributed by atoms with E-state index in [0.717, 1.165) is 37.3 Å². The second-order valence-corrected chi connectivity index (χ2v) is 6.27. The smallest absolute Gasteiger partial charge is 0.309 e. The van der Waals surface area contributed by atoms with E-state index in [-0.39, 0.29) is 17.3 Å². The van der Waals surface area contributed by atoms with Crippen LogP contribution in [0.4, 0.5) is 0 Å².